The fraction of sp³-hybridized carbons (Fsp3) is 0.821. The molecule has 6 heteroatoms. The van der Waals surface area contributed by atoms with Gasteiger partial charge in [-0.05, 0) is 93.8 Å². The SMILES string of the molecule is O=S(=O)([O-])C1CCCCC1C=CC1CCC(C2CCC(C=CC3[CH-]CCCC3)CC2)CC1.[Na+].[Na+]. The molecule has 0 aromatic rings. The molecule has 3 nitrogen and oxygen atoms in total. The molecule has 0 saturated heterocycles. The van der Waals surface area contributed by atoms with Crippen LogP contribution in [0, 0.1) is 41.9 Å². The molecular weight excluding hydrogens is 462 g/mol. The zero-order valence-corrected chi connectivity index (χ0v) is 26.7. The summed E-state index contributed by atoms with van der Waals surface area (Å²) in [5.41, 5.74) is 0. The Morgan fingerprint density at radius 2 is 1.15 bits per heavy atom. The molecule has 0 aromatic carbocycles. The second-order valence-corrected chi connectivity index (χ2v) is 12.9. The van der Waals surface area contributed by atoms with Crippen molar-refractivity contribution in [2.24, 2.45) is 35.5 Å². The molecule has 0 aromatic heterocycles. The van der Waals surface area contributed by atoms with Gasteiger partial charge < -0.3 is 11.0 Å². The molecule has 4 aliphatic rings. The van der Waals surface area contributed by atoms with E-state index in [0.29, 0.717) is 12.3 Å². The predicted molar refractivity (Wildman–Crippen MR) is 131 cm³/mol. The Morgan fingerprint density at radius 1 is 0.618 bits per heavy atom. The molecule has 0 amide bonds. The second kappa shape index (κ2) is 15.7. The fourth-order valence-corrected chi connectivity index (χ4v) is 8.18. The molecule has 0 spiro atoms. The predicted octanol–water partition coefficient (Wildman–Crippen LogP) is 1.22. The van der Waals surface area contributed by atoms with Gasteiger partial charge in [0.15, 0.2) is 0 Å². The Balaban J connectivity index is 0.00000204. The average molecular weight is 507 g/mol. The Bertz CT molecular complexity index is 729. The molecular formula is C28H44Na2O3S. The van der Waals surface area contributed by atoms with Gasteiger partial charge in [0.2, 0.25) is 0 Å². The van der Waals surface area contributed by atoms with E-state index in [4.69, 9.17) is 0 Å². The number of allylic oxidation sites excluding steroid dienone is 4. The summed E-state index contributed by atoms with van der Waals surface area (Å²) in [6, 6.07) is 0. The van der Waals surface area contributed by atoms with Crippen LogP contribution in [0.1, 0.15) is 103 Å². The maximum atomic E-state index is 11.6. The minimum Gasteiger partial charge on any atom is -0.748 e. The van der Waals surface area contributed by atoms with Gasteiger partial charge in [-0.1, -0.05) is 50.3 Å². The minimum absolute atomic E-state index is 0. The van der Waals surface area contributed by atoms with Crippen LogP contribution < -0.4 is 59.1 Å². The Labute approximate surface area is 254 Å². The van der Waals surface area contributed by atoms with Gasteiger partial charge in [-0.25, -0.2) is 8.42 Å². The molecule has 3 unspecified atom stereocenters. The maximum absolute atomic E-state index is 11.6. The number of hydrogen-bond acceptors (Lipinski definition) is 3. The van der Waals surface area contributed by atoms with Crippen molar-refractivity contribution in [3.8, 4) is 0 Å². The van der Waals surface area contributed by atoms with Crippen LogP contribution in [-0.4, -0.2) is 18.2 Å². The van der Waals surface area contributed by atoms with E-state index in [9.17, 15) is 13.0 Å². The maximum Gasteiger partial charge on any atom is 1.00 e. The van der Waals surface area contributed by atoms with E-state index in [1.165, 1.54) is 77.0 Å². The van der Waals surface area contributed by atoms with Gasteiger partial charge in [-0.3, -0.25) is 0 Å². The molecule has 0 bridgehead atoms. The van der Waals surface area contributed by atoms with Crippen LogP contribution in [0.3, 0.4) is 0 Å². The van der Waals surface area contributed by atoms with Crippen molar-refractivity contribution in [1.82, 2.24) is 0 Å². The first-order valence-electron chi connectivity index (χ1n) is 13.6. The normalized spacial score (nSPS) is 37.7. The van der Waals surface area contributed by atoms with Crippen molar-refractivity contribution >= 4 is 10.1 Å². The van der Waals surface area contributed by atoms with E-state index in [-0.39, 0.29) is 65.0 Å². The topological polar surface area (TPSA) is 57.2 Å². The summed E-state index contributed by atoms with van der Waals surface area (Å²) in [6.45, 7) is 0. The second-order valence-electron chi connectivity index (χ2n) is 11.3. The van der Waals surface area contributed by atoms with E-state index < -0.39 is 15.4 Å². The van der Waals surface area contributed by atoms with Gasteiger partial charge >= 0.3 is 59.1 Å². The first kappa shape index (κ1) is 31.6. The van der Waals surface area contributed by atoms with Gasteiger partial charge in [0, 0.05) is 0 Å². The van der Waals surface area contributed by atoms with E-state index in [0.717, 1.165) is 42.9 Å². The van der Waals surface area contributed by atoms with Crippen LogP contribution in [0.2, 0.25) is 0 Å². The van der Waals surface area contributed by atoms with Gasteiger partial charge in [0.05, 0.1) is 15.4 Å². The molecule has 0 radical (unpaired) electrons. The van der Waals surface area contributed by atoms with Crippen molar-refractivity contribution in [2.45, 2.75) is 108 Å². The van der Waals surface area contributed by atoms with E-state index in [1.807, 2.05) is 0 Å². The average Bonchev–Trinajstić information content (AvgIpc) is 2.82. The third-order valence-electron chi connectivity index (χ3n) is 9.15. The molecule has 0 N–H and O–H groups in total. The monoisotopic (exact) mass is 506 g/mol. The molecule has 0 heterocycles. The zero-order valence-electron chi connectivity index (χ0n) is 21.9. The summed E-state index contributed by atoms with van der Waals surface area (Å²) in [5, 5.41) is -0.691. The zero-order chi connectivity index (χ0) is 22.4. The van der Waals surface area contributed by atoms with Crippen LogP contribution in [0.5, 0.6) is 0 Å². The van der Waals surface area contributed by atoms with Crippen LogP contribution in [0.25, 0.3) is 0 Å². The molecule has 0 aliphatic heterocycles. The summed E-state index contributed by atoms with van der Waals surface area (Å²) in [4.78, 5) is 0. The first-order valence-corrected chi connectivity index (χ1v) is 15.1. The fourth-order valence-electron chi connectivity index (χ4n) is 7.07. The molecule has 34 heavy (non-hydrogen) atoms. The van der Waals surface area contributed by atoms with Crippen molar-refractivity contribution in [3.63, 3.8) is 0 Å². The van der Waals surface area contributed by atoms with Gasteiger partial charge in [0.1, 0.15) is 0 Å². The Kier molecular flexibility index (Phi) is 14.6. The Hall–Kier alpha value is 1.39. The van der Waals surface area contributed by atoms with E-state index in [2.05, 4.69) is 30.7 Å². The smallest absolute Gasteiger partial charge is 0.748 e. The minimum atomic E-state index is -4.17. The third-order valence-corrected chi connectivity index (χ3v) is 10.5. The molecule has 182 valence electrons. The first-order chi connectivity index (χ1) is 15.5. The van der Waals surface area contributed by atoms with Crippen molar-refractivity contribution in [2.75, 3.05) is 0 Å². The van der Waals surface area contributed by atoms with Crippen LogP contribution in [0.4, 0.5) is 0 Å². The largest absolute Gasteiger partial charge is 1.00 e. The van der Waals surface area contributed by atoms with E-state index in [1.54, 1.807) is 0 Å². The number of rotatable bonds is 6. The summed E-state index contributed by atoms with van der Waals surface area (Å²) < 4.78 is 34.8. The van der Waals surface area contributed by atoms with Crippen molar-refractivity contribution in [1.29, 1.82) is 0 Å². The standard InChI is InChI=1S/C28H45O3S.2Na/c29-32(30,31)28-9-5-4-8-27(28)21-16-24-14-19-26(20-15-24)25-17-12-23(13-18-25)11-10-22-6-2-1-3-7-22;;/h6,10-11,16,21-28H,1-5,7-9,12-15,17-20H2,(H,29,30,31);;/q-1;2*+1/p-1. The van der Waals surface area contributed by atoms with Gasteiger partial charge in [-0.15, -0.1) is 12.0 Å². The summed E-state index contributed by atoms with van der Waals surface area (Å²) in [6.07, 6.45) is 31.4. The van der Waals surface area contributed by atoms with Crippen LogP contribution in [-0.2, 0) is 10.1 Å². The van der Waals surface area contributed by atoms with E-state index >= 15 is 0 Å². The van der Waals surface area contributed by atoms with Gasteiger partial charge in [-0.2, -0.15) is 6.42 Å². The van der Waals surface area contributed by atoms with Crippen LogP contribution >= 0.6 is 0 Å². The summed E-state index contributed by atoms with van der Waals surface area (Å²) >= 11 is 0. The van der Waals surface area contributed by atoms with Crippen molar-refractivity contribution in [3.05, 3.63) is 30.7 Å². The molecule has 3 atom stereocenters. The quantitative estimate of drug-likeness (QED) is 0.236. The molecule has 4 fully saturated rings. The van der Waals surface area contributed by atoms with Crippen molar-refractivity contribution < 1.29 is 72.1 Å². The van der Waals surface area contributed by atoms with Gasteiger partial charge in [0.25, 0.3) is 0 Å². The molecule has 4 saturated carbocycles. The van der Waals surface area contributed by atoms with Crippen LogP contribution in [0.15, 0.2) is 24.3 Å². The Morgan fingerprint density at radius 3 is 1.68 bits per heavy atom. The summed E-state index contributed by atoms with van der Waals surface area (Å²) in [7, 11) is -4.17. The molecule has 4 rings (SSSR count). The third kappa shape index (κ3) is 9.61. The molecule has 4 aliphatic carbocycles. The number of hydrogen-bond donors (Lipinski definition) is 0. The summed E-state index contributed by atoms with van der Waals surface area (Å²) in [5.74, 6) is 3.87.